The fraction of sp³-hybridized carbons (Fsp3) is 0.438. The molecule has 1 fully saturated rings. The van der Waals surface area contributed by atoms with Gasteiger partial charge in [0, 0.05) is 12.5 Å². The molecule has 2 heterocycles. The Morgan fingerprint density at radius 3 is 2.42 bits per heavy atom. The molecule has 1 saturated carbocycles. The van der Waals surface area contributed by atoms with Crippen LogP contribution in [0.15, 0.2) is 35.2 Å². The van der Waals surface area contributed by atoms with E-state index in [0.717, 1.165) is 48.5 Å². The maximum absolute atomic E-state index is 12.8. The summed E-state index contributed by atoms with van der Waals surface area (Å²) in [6.45, 7) is 0.918. The van der Waals surface area contributed by atoms with E-state index >= 15 is 0 Å². The van der Waals surface area contributed by atoms with Crippen LogP contribution in [-0.2, 0) is 23.1 Å². The van der Waals surface area contributed by atoms with Gasteiger partial charge < -0.3 is 4.74 Å². The third-order valence-electron chi connectivity index (χ3n) is 4.47. The van der Waals surface area contributed by atoms with Crippen LogP contribution < -0.4 is 4.74 Å². The molecule has 1 aliphatic heterocycles. The van der Waals surface area contributed by atoms with E-state index in [-0.39, 0.29) is 18.0 Å². The van der Waals surface area contributed by atoms with E-state index in [0.29, 0.717) is 12.5 Å². The van der Waals surface area contributed by atoms with E-state index in [1.54, 1.807) is 0 Å². The third-order valence-corrected chi connectivity index (χ3v) is 6.33. The van der Waals surface area contributed by atoms with Crippen molar-refractivity contribution in [3.8, 4) is 5.75 Å². The van der Waals surface area contributed by atoms with Gasteiger partial charge in [-0.15, -0.1) is 13.2 Å². The Balaban J connectivity index is 1.52. The zero-order chi connectivity index (χ0) is 18.5. The van der Waals surface area contributed by atoms with E-state index in [9.17, 15) is 21.6 Å². The lowest BCUT2D eigenvalue weighted by atomic mass is 10.2. The number of nitrogens with zero attached hydrogens (tertiary/aromatic N) is 3. The van der Waals surface area contributed by atoms with Crippen molar-refractivity contribution in [2.24, 2.45) is 0 Å². The monoisotopic (exact) mass is 387 g/mol. The van der Waals surface area contributed by atoms with Crippen molar-refractivity contribution in [3.05, 3.63) is 41.7 Å². The quantitative estimate of drug-likeness (QED) is 0.809. The number of benzene rings is 1. The van der Waals surface area contributed by atoms with E-state index in [1.807, 2.05) is 10.7 Å². The summed E-state index contributed by atoms with van der Waals surface area (Å²) in [5.74, 6) is 0.0292. The summed E-state index contributed by atoms with van der Waals surface area (Å²) in [7, 11) is -3.81. The molecule has 0 bridgehead atoms. The number of alkyl halides is 3. The van der Waals surface area contributed by atoms with Gasteiger partial charge in [0.2, 0.25) is 10.0 Å². The Morgan fingerprint density at radius 2 is 1.81 bits per heavy atom. The normalized spacial score (nSPS) is 18.6. The molecular weight excluding hydrogens is 371 g/mol. The molecule has 0 spiro atoms. The lowest BCUT2D eigenvalue weighted by Gasteiger charge is -2.27. The lowest BCUT2D eigenvalue weighted by Crippen LogP contribution is -2.38. The summed E-state index contributed by atoms with van der Waals surface area (Å²) in [5.41, 5.74) is 1.84. The van der Waals surface area contributed by atoms with E-state index in [4.69, 9.17) is 0 Å². The topological polar surface area (TPSA) is 64.4 Å². The molecule has 0 amide bonds. The van der Waals surface area contributed by atoms with Crippen LogP contribution in [0.4, 0.5) is 13.2 Å². The molecule has 6 nitrogen and oxygen atoms in total. The molecule has 1 aromatic heterocycles. The van der Waals surface area contributed by atoms with Gasteiger partial charge in [-0.05, 0) is 43.2 Å². The zero-order valence-corrected chi connectivity index (χ0v) is 14.4. The molecule has 0 radical (unpaired) electrons. The first-order valence-electron chi connectivity index (χ1n) is 8.15. The van der Waals surface area contributed by atoms with E-state index < -0.39 is 22.1 Å². The minimum Gasteiger partial charge on any atom is -0.406 e. The van der Waals surface area contributed by atoms with Gasteiger partial charge in [-0.3, -0.25) is 4.68 Å². The Bertz CT molecular complexity index is 918. The summed E-state index contributed by atoms with van der Waals surface area (Å²) < 4.78 is 69.1. The van der Waals surface area contributed by atoms with Crippen LogP contribution in [0, 0.1) is 0 Å². The minimum absolute atomic E-state index is 0.0672. The predicted octanol–water partition coefficient (Wildman–Crippen LogP) is 2.86. The molecule has 1 aromatic carbocycles. The fourth-order valence-corrected chi connectivity index (χ4v) is 4.41. The van der Waals surface area contributed by atoms with Crippen molar-refractivity contribution in [2.45, 2.75) is 43.1 Å². The molecule has 0 unspecified atom stereocenters. The average molecular weight is 387 g/mol. The molecule has 2 aromatic rings. The maximum Gasteiger partial charge on any atom is 0.573 e. The largest absolute Gasteiger partial charge is 0.573 e. The predicted molar refractivity (Wildman–Crippen MR) is 84.9 cm³/mol. The van der Waals surface area contributed by atoms with Gasteiger partial charge in [0.25, 0.3) is 0 Å². The molecule has 0 saturated heterocycles. The van der Waals surface area contributed by atoms with Crippen molar-refractivity contribution in [1.82, 2.24) is 14.1 Å². The molecule has 0 N–H and O–H groups in total. The van der Waals surface area contributed by atoms with Crippen molar-refractivity contribution in [1.29, 1.82) is 0 Å². The molecule has 0 atom stereocenters. The number of hydrogen-bond donors (Lipinski definition) is 0. The molecule has 4 rings (SSSR count). The second-order valence-electron chi connectivity index (χ2n) is 6.42. The number of fused-ring (bicyclic) bond motifs is 1. The Morgan fingerprint density at radius 1 is 1.12 bits per heavy atom. The van der Waals surface area contributed by atoms with Crippen LogP contribution in [0.1, 0.15) is 30.1 Å². The highest BCUT2D eigenvalue weighted by atomic mass is 32.2. The zero-order valence-electron chi connectivity index (χ0n) is 13.6. The highest BCUT2D eigenvalue weighted by Gasteiger charge is 2.33. The van der Waals surface area contributed by atoms with Crippen molar-refractivity contribution < 1.29 is 26.3 Å². The number of ether oxygens (including phenoxy) is 1. The van der Waals surface area contributed by atoms with Crippen molar-refractivity contribution in [2.75, 3.05) is 6.54 Å². The number of rotatable bonds is 4. The first-order valence-corrected chi connectivity index (χ1v) is 9.59. The van der Waals surface area contributed by atoms with Crippen molar-refractivity contribution in [3.63, 3.8) is 0 Å². The summed E-state index contributed by atoms with van der Waals surface area (Å²) >= 11 is 0. The van der Waals surface area contributed by atoms with E-state index in [1.165, 1.54) is 4.31 Å². The summed E-state index contributed by atoms with van der Waals surface area (Å²) in [4.78, 5) is -0.0672. The number of aromatic nitrogens is 2. The van der Waals surface area contributed by atoms with Crippen molar-refractivity contribution >= 4 is 10.0 Å². The van der Waals surface area contributed by atoms with Crippen LogP contribution in [-0.4, -0.2) is 35.4 Å². The molecule has 2 aliphatic rings. The lowest BCUT2D eigenvalue weighted by molar-refractivity contribution is -0.274. The standard InChI is InChI=1S/C16H16F3N3O3S/c17-16(18,19)25-13-3-5-14(6-4-13)26(23,24)21-7-8-22-12(10-21)9-15(20-22)11-1-2-11/h3-6,9,11H,1-2,7-8,10H2. The third kappa shape index (κ3) is 3.43. The molecular formula is C16H16F3N3O3S. The van der Waals surface area contributed by atoms with Crippen LogP contribution in [0.25, 0.3) is 0 Å². The Kier molecular flexibility index (Phi) is 3.99. The highest BCUT2D eigenvalue weighted by Crippen LogP contribution is 2.40. The summed E-state index contributed by atoms with van der Waals surface area (Å²) in [6, 6.07) is 6.19. The van der Waals surface area contributed by atoms with Gasteiger partial charge in [0.1, 0.15) is 5.75 Å². The second kappa shape index (κ2) is 5.98. The Hall–Kier alpha value is -2.07. The number of halogens is 3. The van der Waals surface area contributed by atoms with Crippen LogP contribution in [0.5, 0.6) is 5.75 Å². The van der Waals surface area contributed by atoms with Gasteiger partial charge >= 0.3 is 6.36 Å². The van der Waals surface area contributed by atoms with Gasteiger partial charge in [-0.1, -0.05) is 0 Å². The van der Waals surface area contributed by atoms with Crippen LogP contribution >= 0.6 is 0 Å². The van der Waals surface area contributed by atoms with Gasteiger partial charge in [-0.25, -0.2) is 8.42 Å². The second-order valence-corrected chi connectivity index (χ2v) is 8.35. The highest BCUT2D eigenvalue weighted by molar-refractivity contribution is 7.89. The maximum atomic E-state index is 12.8. The average Bonchev–Trinajstić information content (AvgIpc) is 3.32. The Labute approximate surface area is 148 Å². The van der Waals surface area contributed by atoms with Gasteiger partial charge in [0.15, 0.2) is 0 Å². The SMILES string of the molecule is O=S(=O)(c1ccc(OC(F)(F)F)cc1)N1CCn2nc(C3CC3)cc2C1. The van der Waals surface area contributed by atoms with Gasteiger partial charge in [-0.2, -0.15) is 9.40 Å². The molecule has 26 heavy (non-hydrogen) atoms. The first-order chi connectivity index (χ1) is 12.2. The minimum atomic E-state index is -4.81. The molecule has 140 valence electrons. The van der Waals surface area contributed by atoms with Crippen LogP contribution in [0.2, 0.25) is 0 Å². The number of hydrogen-bond acceptors (Lipinski definition) is 4. The molecule has 10 heteroatoms. The molecule has 1 aliphatic carbocycles. The summed E-state index contributed by atoms with van der Waals surface area (Å²) in [5, 5.41) is 4.52. The van der Waals surface area contributed by atoms with Crippen LogP contribution in [0.3, 0.4) is 0 Å². The number of sulfonamides is 1. The summed E-state index contributed by atoms with van der Waals surface area (Å²) in [6.07, 6.45) is -2.58. The smallest absolute Gasteiger partial charge is 0.406 e. The van der Waals surface area contributed by atoms with E-state index in [2.05, 4.69) is 9.84 Å². The van der Waals surface area contributed by atoms with Gasteiger partial charge in [0.05, 0.1) is 29.4 Å². The fourth-order valence-electron chi connectivity index (χ4n) is 3.01. The first kappa shape index (κ1) is 17.3.